The van der Waals surface area contributed by atoms with Crippen LogP contribution in [0.15, 0.2) is 42.7 Å². The van der Waals surface area contributed by atoms with E-state index in [1.54, 1.807) is 12.3 Å². The van der Waals surface area contributed by atoms with Gasteiger partial charge >= 0.3 is 0 Å². The van der Waals surface area contributed by atoms with Crippen molar-refractivity contribution in [3.05, 3.63) is 59.7 Å². The summed E-state index contributed by atoms with van der Waals surface area (Å²) in [5.41, 5.74) is 1.53. The van der Waals surface area contributed by atoms with Crippen LogP contribution < -0.4 is 10.1 Å². The normalized spacial score (nSPS) is 12.1. The first kappa shape index (κ1) is 15.4. The molecule has 0 bridgehead atoms. The molecular weight excluding hydrogens is 267 g/mol. The molecule has 21 heavy (non-hydrogen) atoms. The second kappa shape index (κ2) is 7.74. The van der Waals surface area contributed by atoms with Crippen LogP contribution in [0.2, 0.25) is 0 Å². The summed E-state index contributed by atoms with van der Waals surface area (Å²) < 4.78 is 19.8. The molecule has 1 atom stereocenters. The Kier molecular flexibility index (Phi) is 5.69. The van der Waals surface area contributed by atoms with Gasteiger partial charge in [0.25, 0.3) is 0 Å². The summed E-state index contributed by atoms with van der Waals surface area (Å²) in [6.07, 6.45) is 3.83. The summed E-state index contributed by atoms with van der Waals surface area (Å²) in [6, 6.07) is 9.23. The molecule has 2 rings (SSSR count). The molecule has 0 spiro atoms. The Morgan fingerprint density at radius 1 is 1.19 bits per heavy atom. The molecule has 1 N–H and O–H groups in total. The lowest BCUT2D eigenvalue weighted by Crippen LogP contribution is -2.24. The van der Waals surface area contributed by atoms with Crippen molar-refractivity contribution in [3.8, 4) is 5.75 Å². The number of halogens is 1. The lowest BCUT2D eigenvalue weighted by atomic mass is 9.98. The SMILES string of the molecule is CCCNC(c1ccncc1F)c1ccccc1OCC. The van der Waals surface area contributed by atoms with Crippen LogP contribution >= 0.6 is 0 Å². The quantitative estimate of drug-likeness (QED) is 0.843. The van der Waals surface area contributed by atoms with Gasteiger partial charge in [0.1, 0.15) is 11.6 Å². The van der Waals surface area contributed by atoms with Gasteiger partial charge in [0.05, 0.1) is 18.8 Å². The van der Waals surface area contributed by atoms with Gasteiger partial charge in [-0.3, -0.25) is 4.98 Å². The molecule has 0 aliphatic carbocycles. The zero-order chi connectivity index (χ0) is 15.1. The molecule has 1 aromatic carbocycles. The highest BCUT2D eigenvalue weighted by Gasteiger charge is 2.20. The second-order valence-corrected chi connectivity index (χ2v) is 4.76. The highest BCUT2D eigenvalue weighted by atomic mass is 19.1. The predicted octanol–water partition coefficient (Wildman–Crippen LogP) is 3.71. The molecule has 112 valence electrons. The van der Waals surface area contributed by atoms with E-state index in [1.165, 1.54) is 6.20 Å². The van der Waals surface area contributed by atoms with Crippen molar-refractivity contribution in [2.45, 2.75) is 26.3 Å². The summed E-state index contributed by atoms with van der Waals surface area (Å²) in [5.74, 6) is 0.474. The zero-order valence-corrected chi connectivity index (χ0v) is 12.5. The molecule has 0 radical (unpaired) electrons. The Hall–Kier alpha value is -1.94. The number of nitrogens with one attached hydrogen (secondary N) is 1. The maximum atomic E-state index is 14.1. The van der Waals surface area contributed by atoms with Crippen LogP contribution in [0.4, 0.5) is 4.39 Å². The third-order valence-electron chi connectivity index (χ3n) is 3.24. The van der Waals surface area contributed by atoms with Crippen molar-refractivity contribution in [1.29, 1.82) is 0 Å². The minimum absolute atomic E-state index is 0.240. The highest BCUT2D eigenvalue weighted by molar-refractivity contribution is 5.41. The summed E-state index contributed by atoms with van der Waals surface area (Å²) in [5, 5.41) is 3.39. The van der Waals surface area contributed by atoms with Crippen LogP contribution in [0.25, 0.3) is 0 Å². The van der Waals surface area contributed by atoms with E-state index in [0.29, 0.717) is 12.2 Å². The van der Waals surface area contributed by atoms with E-state index in [2.05, 4.69) is 17.2 Å². The minimum Gasteiger partial charge on any atom is -0.494 e. The zero-order valence-electron chi connectivity index (χ0n) is 12.5. The van der Waals surface area contributed by atoms with Gasteiger partial charge in [-0.05, 0) is 32.0 Å². The van der Waals surface area contributed by atoms with Crippen molar-refractivity contribution in [2.75, 3.05) is 13.2 Å². The van der Waals surface area contributed by atoms with Crippen molar-refractivity contribution in [1.82, 2.24) is 10.3 Å². The number of benzene rings is 1. The first-order valence-electron chi connectivity index (χ1n) is 7.32. The molecule has 0 saturated heterocycles. The van der Waals surface area contributed by atoms with E-state index in [0.717, 1.165) is 24.3 Å². The van der Waals surface area contributed by atoms with E-state index in [-0.39, 0.29) is 11.9 Å². The molecular formula is C17H21FN2O. The lowest BCUT2D eigenvalue weighted by Gasteiger charge is -2.22. The second-order valence-electron chi connectivity index (χ2n) is 4.76. The fourth-order valence-electron chi connectivity index (χ4n) is 2.30. The van der Waals surface area contributed by atoms with Crippen LogP contribution in [0.3, 0.4) is 0 Å². The number of nitrogens with zero attached hydrogens (tertiary/aromatic N) is 1. The fourth-order valence-corrected chi connectivity index (χ4v) is 2.30. The maximum absolute atomic E-state index is 14.1. The highest BCUT2D eigenvalue weighted by Crippen LogP contribution is 2.31. The molecule has 0 saturated carbocycles. The number of pyridine rings is 1. The molecule has 1 unspecified atom stereocenters. The van der Waals surface area contributed by atoms with Crippen molar-refractivity contribution < 1.29 is 9.13 Å². The Bertz CT molecular complexity index is 574. The molecule has 3 nitrogen and oxygen atoms in total. The molecule has 0 aliphatic heterocycles. The Morgan fingerprint density at radius 3 is 2.71 bits per heavy atom. The molecule has 0 aliphatic rings. The van der Waals surface area contributed by atoms with Gasteiger partial charge in [-0.25, -0.2) is 4.39 Å². The van der Waals surface area contributed by atoms with Gasteiger partial charge in [-0.15, -0.1) is 0 Å². The number of ether oxygens (including phenoxy) is 1. The Labute approximate surface area is 125 Å². The Morgan fingerprint density at radius 2 is 2.00 bits per heavy atom. The first-order chi connectivity index (χ1) is 10.3. The average molecular weight is 288 g/mol. The van der Waals surface area contributed by atoms with E-state index in [1.807, 2.05) is 31.2 Å². The average Bonchev–Trinajstić information content (AvgIpc) is 2.51. The van der Waals surface area contributed by atoms with Gasteiger partial charge in [0, 0.05) is 17.3 Å². The van der Waals surface area contributed by atoms with E-state index in [9.17, 15) is 4.39 Å². The van der Waals surface area contributed by atoms with Crippen molar-refractivity contribution >= 4 is 0 Å². The maximum Gasteiger partial charge on any atom is 0.146 e. The summed E-state index contributed by atoms with van der Waals surface area (Å²) >= 11 is 0. The van der Waals surface area contributed by atoms with Gasteiger partial charge in [0.15, 0.2) is 0 Å². The predicted molar refractivity (Wildman–Crippen MR) is 81.9 cm³/mol. The molecule has 2 aromatic rings. The van der Waals surface area contributed by atoms with Crippen molar-refractivity contribution in [3.63, 3.8) is 0 Å². The number of hydrogen-bond acceptors (Lipinski definition) is 3. The van der Waals surface area contributed by atoms with E-state index < -0.39 is 0 Å². The van der Waals surface area contributed by atoms with Gasteiger partial charge in [0.2, 0.25) is 0 Å². The molecule has 0 fully saturated rings. The van der Waals surface area contributed by atoms with Gasteiger partial charge in [-0.2, -0.15) is 0 Å². The number of para-hydroxylation sites is 1. The van der Waals surface area contributed by atoms with E-state index >= 15 is 0 Å². The molecule has 4 heteroatoms. The van der Waals surface area contributed by atoms with Gasteiger partial charge < -0.3 is 10.1 Å². The van der Waals surface area contributed by atoms with Crippen LogP contribution in [0.5, 0.6) is 5.75 Å². The number of rotatable bonds is 7. The number of aromatic nitrogens is 1. The fraction of sp³-hybridized carbons (Fsp3) is 0.353. The first-order valence-corrected chi connectivity index (χ1v) is 7.32. The van der Waals surface area contributed by atoms with Crippen LogP contribution in [0.1, 0.15) is 37.4 Å². The van der Waals surface area contributed by atoms with Crippen LogP contribution in [-0.2, 0) is 0 Å². The van der Waals surface area contributed by atoms with Gasteiger partial charge in [-0.1, -0.05) is 25.1 Å². The topological polar surface area (TPSA) is 34.2 Å². The standard InChI is InChI=1S/C17H21FN2O/c1-3-10-20-17(13-9-11-19-12-15(13)18)14-7-5-6-8-16(14)21-4-2/h5-9,11-12,17,20H,3-4,10H2,1-2H3. The summed E-state index contributed by atoms with van der Waals surface area (Å²) in [7, 11) is 0. The smallest absolute Gasteiger partial charge is 0.146 e. The third-order valence-corrected chi connectivity index (χ3v) is 3.24. The summed E-state index contributed by atoms with van der Waals surface area (Å²) in [4.78, 5) is 3.83. The lowest BCUT2D eigenvalue weighted by molar-refractivity contribution is 0.333. The molecule has 0 amide bonds. The van der Waals surface area contributed by atoms with Crippen molar-refractivity contribution in [2.24, 2.45) is 0 Å². The number of hydrogen-bond donors (Lipinski definition) is 1. The molecule has 1 heterocycles. The monoisotopic (exact) mass is 288 g/mol. The van der Waals surface area contributed by atoms with Crippen LogP contribution in [-0.4, -0.2) is 18.1 Å². The van der Waals surface area contributed by atoms with E-state index in [4.69, 9.17) is 4.74 Å². The third kappa shape index (κ3) is 3.79. The minimum atomic E-state index is -0.308. The molecule has 1 aromatic heterocycles. The van der Waals surface area contributed by atoms with Crippen LogP contribution in [0, 0.1) is 5.82 Å². The summed E-state index contributed by atoms with van der Waals surface area (Å²) in [6.45, 7) is 5.41. The largest absolute Gasteiger partial charge is 0.494 e. The Balaban J connectivity index is 2.43.